The van der Waals surface area contributed by atoms with Gasteiger partial charge in [-0.05, 0) is 36.9 Å². The zero-order chi connectivity index (χ0) is 15.4. The number of halogens is 1. The van der Waals surface area contributed by atoms with Crippen LogP contribution in [0.2, 0.25) is 0 Å². The van der Waals surface area contributed by atoms with Crippen LogP contribution < -0.4 is 10.5 Å². The molecule has 0 bridgehead atoms. The maximum atomic E-state index is 13.4. The first kappa shape index (κ1) is 15.1. The van der Waals surface area contributed by atoms with Crippen LogP contribution in [0.15, 0.2) is 34.7 Å². The Hall–Kier alpha value is -2.34. The Labute approximate surface area is 121 Å². The van der Waals surface area contributed by atoms with Gasteiger partial charge in [0.05, 0.1) is 7.11 Å². The van der Waals surface area contributed by atoms with E-state index < -0.39 is 5.97 Å². The zero-order valence-corrected chi connectivity index (χ0v) is 11.5. The summed E-state index contributed by atoms with van der Waals surface area (Å²) < 4.78 is 23.9. The van der Waals surface area contributed by atoms with E-state index in [9.17, 15) is 9.18 Å². The van der Waals surface area contributed by atoms with E-state index in [2.05, 4.69) is 0 Å². The molecule has 0 aliphatic carbocycles. The first-order valence-electron chi connectivity index (χ1n) is 6.40. The van der Waals surface area contributed by atoms with E-state index in [1.54, 1.807) is 6.07 Å². The third-order valence-electron chi connectivity index (χ3n) is 3.24. The fourth-order valence-electron chi connectivity index (χ4n) is 2.19. The highest BCUT2D eigenvalue weighted by Gasteiger charge is 2.19. The Kier molecular flexibility index (Phi) is 4.59. The molecule has 2 rings (SSSR count). The van der Waals surface area contributed by atoms with Crippen LogP contribution >= 0.6 is 0 Å². The quantitative estimate of drug-likeness (QED) is 0.854. The molecule has 1 aromatic carbocycles. The standard InChI is InChI=1S/C15H16FNO4/c1-20-13-4-2-10(16)7-12(13)9(8-17)6-11-3-5-14(21-11)15(18)19/h2-5,7,9H,6,8,17H2,1H3,(H,18,19). The lowest BCUT2D eigenvalue weighted by Gasteiger charge is -2.17. The van der Waals surface area contributed by atoms with Gasteiger partial charge in [-0.2, -0.15) is 0 Å². The fourth-order valence-corrected chi connectivity index (χ4v) is 2.19. The second-order valence-electron chi connectivity index (χ2n) is 4.59. The molecule has 21 heavy (non-hydrogen) atoms. The number of methoxy groups -OCH3 is 1. The number of carbonyl (C=O) groups is 1. The molecule has 1 heterocycles. The van der Waals surface area contributed by atoms with Crippen LogP contribution in [0.5, 0.6) is 5.75 Å². The largest absolute Gasteiger partial charge is 0.496 e. The van der Waals surface area contributed by atoms with Crippen LogP contribution in [0.4, 0.5) is 4.39 Å². The summed E-state index contributed by atoms with van der Waals surface area (Å²) in [5.41, 5.74) is 6.39. The van der Waals surface area contributed by atoms with E-state index in [4.69, 9.17) is 20.0 Å². The number of benzene rings is 1. The molecule has 1 unspecified atom stereocenters. The van der Waals surface area contributed by atoms with Gasteiger partial charge in [0.2, 0.25) is 5.76 Å². The number of carboxylic acid groups (broad SMARTS) is 1. The summed E-state index contributed by atoms with van der Waals surface area (Å²) in [5.74, 6) is -0.856. The van der Waals surface area contributed by atoms with Crippen LogP contribution in [0.3, 0.4) is 0 Å². The molecule has 0 amide bonds. The first-order chi connectivity index (χ1) is 10.0. The molecule has 0 spiro atoms. The average molecular weight is 293 g/mol. The lowest BCUT2D eigenvalue weighted by molar-refractivity contribution is 0.0660. The van der Waals surface area contributed by atoms with Gasteiger partial charge >= 0.3 is 5.97 Å². The van der Waals surface area contributed by atoms with Crippen molar-refractivity contribution in [2.45, 2.75) is 12.3 Å². The van der Waals surface area contributed by atoms with Gasteiger partial charge in [0.25, 0.3) is 0 Å². The van der Waals surface area contributed by atoms with Crippen molar-refractivity contribution in [1.82, 2.24) is 0 Å². The molecule has 0 radical (unpaired) electrons. The Balaban J connectivity index is 2.27. The summed E-state index contributed by atoms with van der Waals surface area (Å²) in [5, 5.41) is 8.84. The van der Waals surface area contributed by atoms with Crippen LogP contribution in [-0.4, -0.2) is 24.7 Å². The molecule has 112 valence electrons. The number of furan rings is 1. The monoisotopic (exact) mass is 293 g/mol. The lowest BCUT2D eigenvalue weighted by atomic mass is 9.93. The number of ether oxygens (including phenoxy) is 1. The molecule has 2 aromatic rings. The molecule has 0 saturated heterocycles. The van der Waals surface area contributed by atoms with E-state index in [0.29, 0.717) is 23.5 Å². The molecule has 6 heteroatoms. The summed E-state index contributed by atoms with van der Waals surface area (Å²) in [7, 11) is 1.50. The smallest absolute Gasteiger partial charge is 0.371 e. The summed E-state index contributed by atoms with van der Waals surface area (Å²) >= 11 is 0. The Morgan fingerprint density at radius 3 is 2.76 bits per heavy atom. The van der Waals surface area contributed by atoms with E-state index in [0.717, 1.165) is 0 Å². The molecule has 3 N–H and O–H groups in total. The van der Waals surface area contributed by atoms with E-state index >= 15 is 0 Å². The van der Waals surface area contributed by atoms with Crippen molar-refractivity contribution in [3.8, 4) is 5.75 Å². The van der Waals surface area contributed by atoms with Gasteiger partial charge in [0.1, 0.15) is 17.3 Å². The number of aromatic carboxylic acids is 1. The summed E-state index contributed by atoms with van der Waals surface area (Å²) in [6, 6.07) is 7.19. The minimum atomic E-state index is -1.13. The molecular weight excluding hydrogens is 277 g/mol. The SMILES string of the molecule is COc1ccc(F)cc1C(CN)Cc1ccc(C(=O)O)o1. The molecule has 0 saturated carbocycles. The molecule has 1 aromatic heterocycles. The fraction of sp³-hybridized carbons (Fsp3) is 0.267. The topological polar surface area (TPSA) is 85.7 Å². The van der Waals surface area contributed by atoms with Crippen molar-refractivity contribution < 1.29 is 23.4 Å². The van der Waals surface area contributed by atoms with Crippen molar-refractivity contribution >= 4 is 5.97 Å². The van der Waals surface area contributed by atoms with E-state index in [-0.39, 0.29) is 24.0 Å². The summed E-state index contributed by atoms with van der Waals surface area (Å²) in [4.78, 5) is 10.8. The molecule has 5 nitrogen and oxygen atoms in total. The number of nitrogens with two attached hydrogens (primary N) is 1. The molecular formula is C15H16FNO4. The van der Waals surface area contributed by atoms with Gasteiger partial charge in [-0.15, -0.1) is 0 Å². The van der Waals surface area contributed by atoms with E-state index in [1.807, 2.05) is 0 Å². The number of rotatable bonds is 6. The van der Waals surface area contributed by atoms with Crippen LogP contribution in [0, 0.1) is 5.82 Å². The second-order valence-corrected chi connectivity index (χ2v) is 4.59. The predicted octanol–water partition coefficient (Wildman–Crippen LogP) is 2.41. The van der Waals surface area contributed by atoms with Gasteiger partial charge < -0.3 is 20.0 Å². The van der Waals surface area contributed by atoms with Crippen LogP contribution in [-0.2, 0) is 6.42 Å². The highest BCUT2D eigenvalue weighted by atomic mass is 19.1. The van der Waals surface area contributed by atoms with Gasteiger partial charge in [-0.1, -0.05) is 0 Å². The molecule has 0 aliphatic heterocycles. The van der Waals surface area contributed by atoms with Crippen molar-refractivity contribution in [3.63, 3.8) is 0 Å². The first-order valence-corrected chi connectivity index (χ1v) is 6.40. The predicted molar refractivity (Wildman–Crippen MR) is 74.1 cm³/mol. The van der Waals surface area contributed by atoms with Crippen molar-refractivity contribution in [3.05, 3.63) is 53.2 Å². The summed E-state index contributed by atoms with van der Waals surface area (Å²) in [6.45, 7) is 0.253. The molecule has 1 atom stereocenters. The lowest BCUT2D eigenvalue weighted by Crippen LogP contribution is -2.16. The molecule has 0 fully saturated rings. The third-order valence-corrected chi connectivity index (χ3v) is 3.24. The maximum absolute atomic E-state index is 13.4. The Morgan fingerprint density at radius 1 is 1.43 bits per heavy atom. The Morgan fingerprint density at radius 2 is 2.19 bits per heavy atom. The van der Waals surface area contributed by atoms with Gasteiger partial charge in [0.15, 0.2) is 0 Å². The highest BCUT2D eigenvalue weighted by Crippen LogP contribution is 2.30. The van der Waals surface area contributed by atoms with E-state index in [1.165, 1.54) is 31.4 Å². The van der Waals surface area contributed by atoms with Crippen molar-refractivity contribution in [2.24, 2.45) is 5.73 Å². The third kappa shape index (κ3) is 3.41. The van der Waals surface area contributed by atoms with Crippen LogP contribution in [0.1, 0.15) is 27.8 Å². The second kappa shape index (κ2) is 6.41. The average Bonchev–Trinajstić information content (AvgIpc) is 2.93. The minimum Gasteiger partial charge on any atom is -0.496 e. The van der Waals surface area contributed by atoms with Crippen molar-refractivity contribution in [2.75, 3.05) is 13.7 Å². The summed E-state index contributed by atoms with van der Waals surface area (Å²) in [6.07, 6.45) is 0.365. The van der Waals surface area contributed by atoms with Gasteiger partial charge in [0, 0.05) is 17.9 Å². The molecule has 0 aliphatic rings. The van der Waals surface area contributed by atoms with Crippen LogP contribution in [0.25, 0.3) is 0 Å². The van der Waals surface area contributed by atoms with Crippen molar-refractivity contribution in [1.29, 1.82) is 0 Å². The van der Waals surface area contributed by atoms with Gasteiger partial charge in [-0.3, -0.25) is 0 Å². The zero-order valence-electron chi connectivity index (χ0n) is 11.5. The minimum absolute atomic E-state index is 0.132. The number of hydrogen-bond donors (Lipinski definition) is 2. The Bertz CT molecular complexity index is 638. The number of carboxylic acids is 1. The number of hydrogen-bond acceptors (Lipinski definition) is 4. The normalized spacial score (nSPS) is 12.1. The maximum Gasteiger partial charge on any atom is 0.371 e. The van der Waals surface area contributed by atoms with Gasteiger partial charge in [-0.25, -0.2) is 9.18 Å². The highest BCUT2D eigenvalue weighted by molar-refractivity contribution is 5.84.